The number of alkyl halides is 1. The van der Waals surface area contributed by atoms with Crippen LogP contribution in [0, 0.1) is 0 Å². The zero-order chi connectivity index (χ0) is 18.2. The molecule has 25 heavy (non-hydrogen) atoms. The third-order valence-electron chi connectivity index (χ3n) is 5.49. The lowest BCUT2D eigenvalue weighted by atomic mass is 9.92. The zero-order valence-corrected chi connectivity index (χ0v) is 15.8. The van der Waals surface area contributed by atoms with E-state index in [0.717, 1.165) is 13.1 Å². The normalized spacial score (nSPS) is 34.2. The van der Waals surface area contributed by atoms with Crippen molar-refractivity contribution >= 4 is 16.2 Å². The van der Waals surface area contributed by atoms with Crippen LogP contribution in [0.25, 0.3) is 0 Å². The minimum Gasteiger partial charge on any atom is -0.399 e. The molecule has 0 aromatic rings. The van der Waals surface area contributed by atoms with Crippen molar-refractivity contribution in [3.63, 3.8) is 0 Å². The molecule has 0 radical (unpaired) electrons. The molecule has 0 aromatic carbocycles. The molecule has 2 atom stereocenters. The maximum atomic E-state index is 14.8. The molecule has 7 nitrogen and oxygen atoms in total. The van der Waals surface area contributed by atoms with Gasteiger partial charge in [0.25, 0.3) is 0 Å². The lowest BCUT2D eigenvalue weighted by Crippen LogP contribution is -2.57. The van der Waals surface area contributed by atoms with Gasteiger partial charge in [0.15, 0.2) is 5.67 Å². The number of nitrogens with zero attached hydrogens (tertiary/aromatic N) is 4. The Balaban J connectivity index is 1.64. The first-order valence-electron chi connectivity index (χ1n) is 8.82. The molecule has 3 rings (SSSR count). The van der Waals surface area contributed by atoms with E-state index < -0.39 is 21.7 Å². The van der Waals surface area contributed by atoms with E-state index in [0.29, 0.717) is 44.7 Å². The minimum absolute atomic E-state index is 0.388. The number of nitrogens with two attached hydrogens (primary N) is 1. The Kier molecular flexibility index (Phi) is 5.21. The molecule has 0 bridgehead atoms. The number of piperazine rings is 1. The van der Waals surface area contributed by atoms with Crippen molar-refractivity contribution in [3.8, 4) is 0 Å². The minimum atomic E-state index is -3.29. The van der Waals surface area contributed by atoms with Gasteiger partial charge in [-0.05, 0) is 26.8 Å². The number of rotatable bonds is 3. The van der Waals surface area contributed by atoms with Crippen molar-refractivity contribution in [2.45, 2.75) is 36.7 Å². The molecule has 3 aliphatic heterocycles. The highest BCUT2D eigenvalue weighted by molar-refractivity contribution is 7.89. The average Bonchev–Trinajstić information content (AvgIpc) is 2.55. The molecule has 2 unspecified atom stereocenters. The van der Waals surface area contributed by atoms with Gasteiger partial charge in [-0.1, -0.05) is 0 Å². The number of aliphatic imine (C=N–C) groups is 1. The van der Waals surface area contributed by atoms with Gasteiger partial charge in [0, 0.05) is 57.4 Å². The van der Waals surface area contributed by atoms with E-state index in [4.69, 9.17) is 5.73 Å². The monoisotopic (exact) mass is 373 g/mol. The summed E-state index contributed by atoms with van der Waals surface area (Å²) < 4.78 is 42.2. The second-order valence-electron chi connectivity index (χ2n) is 7.44. The summed E-state index contributed by atoms with van der Waals surface area (Å²) in [5, 5.41) is -0.388. The summed E-state index contributed by atoms with van der Waals surface area (Å²) in [4.78, 5) is 7.94. The van der Waals surface area contributed by atoms with Crippen LogP contribution in [0.4, 0.5) is 4.39 Å². The highest BCUT2D eigenvalue weighted by Crippen LogP contribution is 2.30. The molecule has 0 spiro atoms. The molecular weight excluding hydrogens is 345 g/mol. The van der Waals surface area contributed by atoms with Gasteiger partial charge >= 0.3 is 0 Å². The Morgan fingerprint density at radius 3 is 2.36 bits per heavy atom. The first-order chi connectivity index (χ1) is 11.7. The maximum Gasteiger partial charge on any atom is 0.217 e. The SMILES string of the molecule is CN1CCN(S(=O)(=O)C2CCN(C3C(N)=CN=CC3(C)F)CC2)CC1. The van der Waals surface area contributed by atoms with E-state index in [2.05, 4.69) is 9.89 Å². The molecule has 0 saturated carbocycles. The van der Waals surface area contributed by atoms with Crippen molar-refractivity contribution in [1.29, 1.82) is 0 Å². The number of halogens is 1. The number of sulfonamides is 1. The predicted molar refractivity (Wildman–Crippen MR) is 96.6 cm³/mol. The molecule has 0 amide bonds. The van der Waals surface area contributed by atoms with Crippen LogP contribution in [0.1, 0.15) is 19.8 Å². The molecule has 142 valence electrons. The highest BCUT2D eigenvalue weighted by Gasteiger charge is 2.44. The fourth-order valence-corrected chi connectivity index (χ4v) is 5.89. The van der Waals surface area contributed by atoms with E-state index >= 15 is 0 Å². The molecule has 3 aliphatic rings. The number of piperidine rings is 1. The number of hydrogen-bond acceptors (Lipinski definition) is 6. The standard InChI is InChI=1S/C16H28FN5O2S/c1-16(17)12-19-11-14(18)15(16)21-5-3-13(4-6-21)25(23,24)22-9-7-20(2)8-10-22/h11-13,15H,3-10,18H2,1-2H3. The quantitative estimate of drug-likeness (QED) is 0.754. The van der Waals surface area contributed by atoms with Gasteiger partial charge in [-0.15, -0.1) is 0 Å². The van der Waals surface area contributed by atoms with E-state index in [9.17, 15) is 12.8 Å². The Bertz CT molecular complexity index is 647. The lowest BCUT2D eigenvalue weighted by molar-refractivity contribution is 0.0903. The summed E-state index contributed by atoms with van der Waals surface area (Å²) in [5.41, 5.74) is 4.73. The van der Waals surface area contributed by atoms with Crippen LogP contribution in [0.2, 0.25) is 0 Å². The molecule has 3 heterocycles. The van der Waals surface area contributed by atoms with Gasteiger partial charge in [-0.3, -0.25) is 9.89 Å². The Hall–Kier alpha value is -1.03. The summed E-state index contributed by atoms with van der Waals surface area (Å²) in [6, 6.07) is -0.572. The Morgan fingerprint density at radius 2 is 1.80 bits per heavy atom. The van der Waals surface area contributed by atoms with Crippen LogP contribution in [0.5, 0.6) is 0 Å². The van der Waals surface area contributed by atoms with Crippen molar-refractivity contribution < 1.29 is 12.8 Å². The molecule has 0 aliphatic carbocycles. The molecule has 2 fully saturated rings. The summed E-state index contributed by atoms with van der Waals surface area (Å²) in [6.45, 7) is 5.14. The molecule has 0 aromatic heterocycles. The third-order valence-corrected chi connectivity index (χ3v) is 7.88. The van der Waals surface area contributed by atoms with Gasteiger partial charge in [-0.25, -0.2) is 12.8 Å². The zero-order valence-electron chi connectivity index (χ0n) is 14.9. The first kappa shape index (κ1) is 18.8. The van der Waals surface area contributed by atoms with Crippen molar-refractivity contribution in [3.05, 3.63) is 11.9 Å². The maximum absolute atomic E-state index is 14.8. The van der Waals surface area contributed by atoms with Gasteiger partial charge in [0.2, 0.25) is 10.0 Å². The van der Waals surface area contributed by atoms with Crippen LogP contribution < -0.4 is 5.73 Å². The van der Waals surface area contributed by atoms with E-state index in [1.54, 1.807) is 4.31 Å². The highest BCUT2D eigenvalue weighted by atomic mass is 32.2. The average molecular weight is 373 g/mol. The van der Waals surface area contributed by atoms with Crippen LogP contribution in [-0.2, 0) is 10.0 Å². The Morgan fingerprint density at radius 1 is 1.20 bits per heavy atom. The number of likely N-dealkylation sites (tertiary alicyclic amines) is 1. The predicted octanol–water partition coefficient (Wildman–Crippen LogP) is 0.00930. The lowest BCUT2D eigenvalue weighted by Gasteiger charge is -2.43. The van der Waals surface area contributed by atoms with Crippen molar-refractivity contribution in [1.82, 2.24) is 14.1 Å². The second-order valence-corrected chi connectivity index (χ2v) is 9.66. The Labute approximate surface area is 149 Å². The van der Waals surface area contributed by atoms with Gasteiger partial charge in [0.05, 0.1) is 11.3 Å². The summed E-state index contributed by atoms with van der Waals surface area (Å²) >= 11 is 0. The summed E-state index contributed by atoms with van der Waals surface area (Å²) in [7, 11) is -1.29. The van der Waals surface area contributed by atoms with Crippen molar-refractivity contribution in [2.75, 3.05) is 46.3 Å². The van der Waals surface area contributed by atoms with Gasteiger partial charge < -0.3 is 10.6 Å². The second kappa shape index (κ2) is 6.94. The van der Waals surface area contributed by atoms with E-state index in [1.807, 2.05) is 11.9 Å². The van der Waals surface area contributed by atoms with Crippen LogP contribution >= 0.6 is 0 Å². The summed E-state index contributed by atoms with van der Waals surface area (Å²) in [6.07, 6.45) is 3.78. The van der Waals surface area contributed by atoms with Crippen LogP contribution in [-0.4, -0.2) is 92.0 Å². The van der Waals surface area contributed by atoms with Crippen molar-refractivity contribution in [2.24, 2.45) is 10.7 Å². The molecule has 2 N–H and O–H groups in total. The summed E-state index contributed by atoms with van der Waals surface area (Å²) in [5.74, 6) is 0. The fraction of sp³-hybridized carbons (Fsp3) is 0.812. The fourth-order valence-electron chi connectivity index (χ4n) is 3.99. The topological polar surface area (TPSA) is 82.2 Å². The molecular formula is C16H28FN5O2S. The van der Waals surface area contributed by atoms with E-state index in [1.165, 1.54) is 19.3 Å². The molecule has 2 saturated heterocycles. The molecule has 9 heteroatoms. The van der Waals surface area contributed by atoms with Crippen LogP contribution in [0.15, 0.2) is 16.9 Å². The van der Waals surface area contributed by atoms with Crippen LogP contribution in [0.3, 0.4) is 0 Å². The number of likely N-dealkylation sites (N-methyl/N-ethyl adjacent to an activating group) is 1. The number of hydrogen-bond donors (Lipinski definition) is 1. The largest absolute Gasteiger partial charge is 0.399 e. The third kappa shape index (κ3) is 3.74. The van der Waals surface area contributed by atoms with E-state index in [-0.39, 0.29) is 5.25 Å². The smallest absolute Gasteiger partial charge is 0.217 e. The van der Waals surface area contributed by atoms with Gasteiger partial charge in [-0.2, -0.15) is 4.31 Å². The van der Waals surface area contributed by atoms with Gasteiger partial charge in [0.1, 0.15) is 0 Å². The first-order valence-corrected chi connectivity index (χ1v) is 10.3.